The summed E-state index contributed by atoms with van der Waals surface area (Å²) in [6.45, 7) is 7.43. The van der Waals surface area contributed by atoms with Crippen LogP contribution in [0.25, 0.3) is 0 Å². The molecule has 2 rings (SSSR count). The first-order valence-corrected chi connectivity index (χ1v) is 7.36. The summed E-state index contributed by atoms with van der Waals surface area (Å²) in [6.07, 6.45) is 0. The topological polar surface area (TPSA) is 44.4 Å². The minimum atomic E-state index is 0. The maximum atomic E-state index is 12.1. The second-order valence-corrected chi connectivity index (χ2v) is 5.91. The maximum Gasteiger partial charge on any atom is 0.238 e. The van der Waals surface area contributed by atoms with Crippen LogP contribution in [0.15, 0.2) is 22.7 Å². The number of hydrogen-bond acceptors (Lipinski definition) is 3. The molecule has 0 aromatic heterocycles. The highest BCUT2D eigenvalue weighted by Gasteiger charge is 2.20. The molecule has 4 nitrogen and oxygen atoms in total. The third kappa shape index (κ3) is 4.74. The van der Waals surface area contributed by atoms with Gasteiger partial charge in [-0.2, -0.15) is 0 Å². The van der Waals surface area contributed by atoms with Gasteiger partial charge in [0.2, 0.25) is 5.91 Å². The van der Waals surface area contributed by atoms with Crippen LogP contribution in [0.3, 0.4) is 0 Å². The van der Waals surface area contributed by atoms with E-state index >= 15 is 0 Å². The Balaban J connectivity index is 0.00000200. The second kappa shape index (κ2) is 7.98. The molecule has 1 aromatic rings. The van der Waals surface area contributed by atoms with Crippen molar-refractivity contribution in [1.29, 1.82) is 0 Å². The monoisotopic (exact) mass is 361 g/mol. The summed E-state index contributed by atoms with van der Waals surface area (Å²) in [4.78, 5) is 14.3. The SMILES string of the molecule is Cc1ccc(NC(=O)CN2CCNC[C@@H]2C)c(Br)c1.Cl. The highest BCUT2D eigenvalue weighted by Crippen LogP contribution is 2.23. The van der Waals surface area contributed by atoms with Crippen LogP contribution in [0.2, 0.25) is 0 Å². The first-order valence-electron chi connectivity index (χ1n) is 6.57. The Hall–Kier alpha value is -0.620. The highest BCUT2D eigenvalue weighted by atomic mass is 79.9. The molecule has 20 heavy (non-hydrogen) atoms. The summed E-state index contributed by atoms with van der Waals surface area (Å²) < 4.78 is 0.925. The summed E-state index contributed by atoms with van der Waals surface area (Å²) in [6, 6.07) is 6.33. The molecule has 1 amide bonds. The van der Waals surface area contributed by atoms with Crippen LogP contribution in [0, 0.1) is 6.92 Å². The van der Waals surface area contributed by atoms with Gasteiger partial charge in [0.25, 0.3) is 0 Å². The van der Waals surface area contributed by atoms with E-state index in [0.29, 0.717) is 12.6 Å². The molecule has 0 bridgehead atoms. The summed E-state index contributed by atoms with van der Waals surface area (Å²) in [5.41, 5.74) is 2.00. The fourth-order valence-corrected chi connectivity index (χ4v) is 2.81. The van der Waals surface area contributed by atoms with Crippen molar-refractivity contribution < 1.29 is 4.79 Å². The van der Waals surface area contributed by atoms with E-state index in [0.717, 1.165) is 29.8 Å². The van der Waals surface area contributed by atoms with Gasteiger partial charge >= 0.3 is 0 Å². The summed E-state index contributed by atoms with van der Waals surface area (Å²) in [7, 11) is 0. The van der Waals surface area contributed by atoms with E-state index in [9.17, 15) is 4.79 Å². The van der Waals surface area contributed by atoms with E-state index in [1.807, 2.05) is 25.1 Å². The number of nitrogens with one attached hydrogen (secondary N) is 2. The van der Waals surface area contributed by atoms with E-state index in [2.05, 4.69) is 38.4 Å². The number of benzene rings is 1. The minimum absolute atomic E-state index is 0. The first-order chi connectivity index (χ1) is 9.06. The van der Waals surface area contributed by atoms with Crippen LogP contribution in [0.4, 0.5) is 5.69 Å². The number of rotatable bonds is 3. The summed E-state index contributed by atoms with van der Waals surface area (Å²) >= 11 is 3.47. The van der Waals surface area contributed by atoms with E-state index in [-0.39, 0.29) is 18.3 Å². The molecular formula is C14H21BrClN3O. The Morgan fingerprint density at radius 1 is 1.55 bits per heavy atom. The van der Waals surface area contributed by atoms with E-state index in [4.69, 9.17) is 0 Å². The van der Waals surface area contributed by atoms with Gasteiger partial charge < -0.3 is 10.6 Å². The van der Waals surface area contributed by atoms with Crippen LogP contribution < -0.4 is 10.6 Å². The third-order valence-electron chi connectivity index (χ3n) is 3.38. The number of hydrogen-bond donors (Lipinski definition) is 2. The lowest BCUT2D eigenvalue weighted by Gasteiger charge is -2.33. The van der Waals surface area contributed by atoms with Gasteiger partial charge in [-0.1, -0.05) is 6.07 Å². The van der Waals surface area contributed by atoms with Gasteiger partial charge in [-0.15, -0.1) is 12.4 Å². The number of piperazine rings is 1. The molecule has 1 heterocycles. The van der Waals surface area contributed by atoms with Gasteiger partial charge in [0.05, 0.1) is 12.2 Å². The van der Waals surface area contributed by atoms with E-state index < -0.39 is 0 Å². The minimum Gasteiger partial charge on any atom is -0.324 e. The predicted octanol–water partition coefficient (Wildman–Crippen LogP) is 2.41. The molecular weight excluding hydrogens is 342 g/mol. The predicted molar refractivity (Wildman–Crippen MR) is 88.7 cm³/mol. The van der Waals surface area contributed by atoms with Gasteiger partial charge in [-0.05, 0) is 47.5 Å². The molecule has 1 aliphatic heterocycles. The average Bonchev–Trinajstić information content (AvgIpc) is 2.36. The molecule has 0 radical (unpaired) electrons. The third-order valence-corrected chi connectivity index (χ3v) is 4.04. The van der Waals surface area contributed by atoms with Gasteiger partial charge in [0, 0.05) is 30.1 Å². The zero-order valence-electron chi connectivity index (χ0n) is 11.8. The fraction of sp³-hybridized carbons (Fsp3) is 0.500. The normalized spacial score (nSPS) is 19.2. The lowest BCUT2D eigenvalue weighted by molar-refractivity contribution is -0.118. The number of carbonyl (C=O) groups excluding carboxylic acids is 1. The van der Waals surface area contributed by atoms with Crippen LogP contribution >= 0.6 is 28.3 Å². The fourth-order valence-electron chi connectivity index (χ4n) is 2.21. The Morgan fingerprint density at radius 2 is 2.30 bits per heavy atom. The Bertz CT molecular complexity index is 470. The average molecular weight is 363 g/mol. The van der Waals surface area contributed by atoms with Gasteiger partial charge in [-0.3, -0.25) is 9.69 Å². The zero-order chi connectivity index (χ0) is 13.8. The van der Waals surface area contributed by atoms with Crippen molar-refractivity contribution in [1.82, 2.24) is 10.2 Å². The maximum absolute atomic E-state index is 12.1. The largest absolute Gasteiger partial charge is 0.324 e. The summed E-state index contributed by atoms with van der Waals surface area (Å²) in [5, 5.41) is 6.28. The number of aryl methyl sites for hydroxylation is 1. The van der Waals surface area contributed by atoms with Crippen molar-refractivity contribution in [3.63, 3.8) is 0 Å². The number of carbonyl (C=O) groups is 1. The number of nitrogens with zero attached hydrogens (tertiary/aromatic N) is 1. The molecule has 1 saturated heterocycles. The molecule has 0 unspecified atom stereocenters. The van der Waals surface area contributed by atoms with Crippen molar-refractivity contribution in [2.75, 3.05) is 31.5 Å². The van der Waals surface area contributed by atoms with Crippen molar-refractivity contribution in [3.05, 3.63) is 28.2 Å². The zero-order valence-corrected chi connectivity index (χ0v) is 14.2. The van der Waals surface area contributed by atoms with Gasteiger partial charge in [0.15, 0.2) is 0 Å². The molecule has 1 atom stereocenters. The van der Waals surface area contributed by atoms with Crippen LogP contribution in [-0.4, -0.2) is 43.0 Å². The van der Waals surface area contributed by atoms with Crippen LogP contribution in [0.1, 0.15) is 12.5 Å². The van der Waals surface area contributed by atoms with E-state index in [1.165, 1.54) is 5.56 Å². The lowest BCUT2D eigenvalue weighted by atomic mass is 10.2. The molecule has 1 aliphatic rings. The van der Waals surface area contributed by atoms with Crippen LogP contribution in [0.5, 0.6) is 0 Å². The van der Waals surface area contributed by atoms with Crippen molar-refractivity contribution >= 4 is 39.9 Å². The summed E-state index contributed by atoms with van der Waals surface area (Å²) in [5.74, 6) is 0.0401. The Kier molecular flexibility index (Phi) is 6.95. The molecule has 0 saturated carbocycles. The van der Waals surface area contributed by atoms with Crippen molar-refractivity contribution in [2.24, 2.45) is 0 Å². The molecule has 6 heteroatoms. The number of amides is 1. The lowest BCUT2D eigenvalue weighted by Crippen LogP contribution is -2.52. The van der Waals surface area contributed by atoms with E-state index in [1.54, 1.807) is 0 Å². The van der Waals surface area contributed by atoms with Gasteiger partial charge in [-0.25, -0.2) is 0 Å². The Morgan fingerprint density at radius 3 is 2.95 bits per heavy atom. The molecule has 1 aromatic carbocycles. The van der Waals surface area contributed by atoms with Gasteiger partial charge in [0.1, 0.15) is 0 Å². The smallest absolute Gasteiger partial charge is 0.238 e. The number of halogens is 2. The first kappa shape index (κ1) is 17.4. The highest BCUT2D eigenvalue weighted by molar-refractivity contribution is 9.10. The quantitative estimate of drug-likeness (QED) is 0.868. The molecule has 1 fully saturated rings. The second-order valence-electron chi connectivity index (χ2n) is 5.06. The number of anilines is 1. The molecule has 112 valence electrons. The molecule has 2 N–H and O–H groups in total. The Labute approximate surface area is 134 Å². The van der Waals surface area contributed by atoms with Crippen LogP contribution in [-0.2, 0) is 4.79 Å². The van der Waals surface area contributed by atoms with Crippen molar-refractivity contribution in [2.45, 2.75) is 19.9 Å². The molecule has 0 aliphatic carbocycles. The standard InChI is InChI=1S/C14H20BrN3O.ClH/c1-10-3-4-13(12(15)7-10)17-14(19)9-18-6-5-16-8-11(18)2;/h3-4,7,11,16H,5-6,8-9H2,1-2H3,(H,17,19);1H/t11-;/m0./s1. The molecule has 0 spiro atoms. The van der Waals surface area contributed by atoms with Crippen molar-refractivity contribution in [3.8, 4) is 0 Å².